The van der Waals surface area contributed by atoms with Gasteiger partial charge in [-0.15, -0.1) is 21.5 Å². The number of sulfonamides is 1. The lowest BCUT2D eigenvalue weighted by molar-refractivity contribution is -0.113. The van der Waals surface area contributed by atoms with Crippen LogP contribution in [0.2, 0.25) is 0 Å². The quantitative estimate of drug-likeness (QED) is 0.213. The monoisotopic (exact) mass is 578 g/mol. The number of hydrogen-bond acceptors (Lipinski definition) is 9. The molecule has 10 nitrogen and oxygen atoms in total. The fraction of sp³-hybridized carbons (Fsp3) is 0.0769. The molecule has 198 valence electrons. The van der Waals surface area contributed by atoms with Crippen LogP contribution in [0.3, 0.4) is 0 Å². The van der Waals surface area contributed by atoms with Crippen LogP contribution < -0.4 is 14.8 Å². The first-order valence-corrected chi connectivity index (χ1v) is 15.0. The maximum Gasteiger partial charge on any atom is 0.263 e. The molecule has 0 radical (unpaired) electrons. The van der Waals surface area contributed by atoms with Gasteiger partial charge in [-0.2, -0.15) is 0 Å². The SMILES string of the molecule is O=C(CSc1nnc(COc2ccccc2)n1-c1ccccc1)Nc1ccc(S(=O)(=O)Nc2nccs2)cc1. The van der Waals surface area contributed by atoms with E-state index in [2.05, 4.69) is 25.2 Å². The number of carbonyl (C=O) groups is 1. The van der Waals surface area contributed by atoms with Crippen LogP contribution in [0.5, 0.6) is 5.75 Å². The Balaban J connectivity index is 1.23. The Morgan fingerprint density at radius 3 is 2.36 bits per heavy atom. The molecule has 0 aliphatic carbocycles. The Labute approximate surface area is 233 Å². The van der Waals surface area contributed by atoms with E-state index in [4.69, 9.17) is 4.74 Å². The molecule has 5 rings (SSSR count). The second-order valence-corrected chi connectivity index (χ2v) is 11.5. The number of para-hydroxylation sites is 2. The van der Waals surface area contributed by atoms with Crippen LogP contribution in [0.1, 0.15) is 5.82 Å². The molecule has 0 saturated carbocycles. The van der Waals surface area contributed by atoms with E-state index in [0.717, 1.165) is 5.69 Å². The maximum absolute atomic E-state index is 12.7. The second kappa shape index (κ2) is 12.1. The number of benzene rings is 3. The average Bonchev–Trinajstić information content (AvgIpc) is 3.61. The fourth-order valence-electron chi connectivity index (χ4n) is 3.48. The fourth-order valence-corrected chi connectivity index (χ4v) is 6.04. The Morgan fingerprint density at radius 2 is 1.67 bits per heavy atom. The molecule has 1 amide bonds. The van der Waals surface area contributed by atoms with Crippen molar-refractivity contribution in [1.29, 1.82) is 0 Å². The van der Waals surface area contributed by atoms with Crippen molar-refractivity contribution in [3.63, 3.8) is 0 Å². The zero-order valence-corrected chi connectivity index (χ0v) is 22.7. The van der Waals surface area contributed by atoms with E-state index in [-0.39, 0.29) is 28.3 Å². The molecule has 2 aromatic heterocycles. The lowest BCUT2D eigenvalue weighted by atomic mass is 10.3. The Kier molecular flexibility index (Phi) is 8.20. The molecule has 39 heavy (non-hydrogen) atoms. The molecule has 0 aliphatic heterocycles. The Bertz CT molecular complexity index is 1630. The number of hydrogen-bond donors (Lipinski definition) is 2. The summed E-state index contributed by atoms with van der Waals surface area (Å²) in [5, 5.41) is 13.9. The molecule has 0 unspecified atom stereocenters. The van der Waals surface area contributed by atoms with Gasteiger partial charge in [-0.1, -0.05) is 48.2 Å². The topological polar surface area (TPSA) is 128 Å². The summed E-state index contributed by atoms with van der Waals surface area (Å²) in [4.78, 5) is 16.7. The zero-order valence-electron chi connectivity index (χ0n) is 20.3. The van der Waals surface area contributed by atoms with Gasteiger partial charge in [0.05, 0.1) is 10.6 Å². The molecule has 2 N–H and O–H groups in total. The number of thioether (sulfide) groups is 1. The zero-order chi connectivity index (χ0) is 27.1. The van der Waals surface area contributed by atoms with E-state index in [1.165, 1.54) is 53.6 Å². The molecule has 0 bridgehead atoms. The summed E-state index contributed by atoms with van der Waals surface area (Å²) in [6, 6.07) is 24.9. The summed E-state index contributed by atoms with van der Waals surface area (Å²) in [5.74, 6) is 1.10. The van der Waals surface area contributed by atoms with Crippen LogP contribution in [0.25, 0.3) is 5.69 Å². The molecule has 0 aliphatic rings. The lowest BCUT2D eigenvalue weighted by Gasteiger charge is -2.11. The van der Waals surface area contributed by atoms with Crippen LogP contribution >= 0.6 is 23.1 Å². The van der Waals surface area contributed by atoms with Gasteiger partial charge in [-0.3, -0.25) is 14.1 Å². The maximum atomic E-state index is 12.7. The van der Waals surface area contributed by atoms with Gasteiger partial charge < -0.3 is 10.1 Å². The summed E-state index contributed by atoms with van der Waals surface area (Å²) in [7, 11) is -3.77. The molecule has 2 heterocycles. The molecule has 0 saturated heterocycles. The van der Waals surface area contributed by atoms with Gasteiger partial charge in [-0.25, -0.2) is 13.4 Å². The van der Waals surface area contributed by atoms with Gasteiger partial charge in [0.25, 0.3) is 10.0 Å². The smallest absolute Gasteiger partial charge is 0.263 e. The van der Waals surface area contributed by atoms with E-state index < -0.39 is 10.0 Å². The summed E-state index contributed by atoms with van der Waals surface area (Å²) in [5.41, 5.74) is 1.32. The summed E-state index contributed by atoms with van der Waals surface area (Å²) in [6.45, 7) is 0.200. The third kappa shape index (κ3) is 6.82. The van der Waals surface area contributed by atoms with E-state index in [1.54, 1.807) is 5.38 Å². The molecule has 0 spiro atoms. The van der Waals surface area contributed by atoms with Crippen LogP contribution in [-0.4, -0.2) is 39.8 Å². The van der Waals surface area contributed by atoms with E-state index in [1.807, 2.05) is 65.2 Å². The minimum Gasteiger partial charge on any atom is -0.486 e. The predicted octanol–water partition coefficient (Wildman–Crippen LogP) is 4.83. The van der Waals surface area contributed by atoms with Crippen molar-refractivity contribution < 1.29 is 17.9 Å². The molecular weight excluding hydrogens is 557 g/mol. The highest BCUT2D eigenvalue weighted by Gasteiger charge is 2.18. The van der Waals surface area contributed by atoms with Gasteiger partial charge in [0.2, 0.25) is 5.91 Å². The third-order valence-corrected chi connectivity index (χ3v) is 8.36. The van der Waals surface area contributed by atoms with Gasteiger partial charge in [-0.05, 0) is 48.5 Å². The molecular formula is C26H22N6O4S3. The number of amides is 1. The number of rotatable bonds is 11. The summed E-state index contributed by atoms with van der Waals surface area (Å²) < 4.78 is 35.2. The Hall–Kier alpha value is -4.20. The van der Waals surface area contributed by atoms with Crippen molar-refractivity contribution in [2.45, 2.75) is 16.7 Å². The first-order chi connectivity index (χ1) is 19.0. The number of ether oxygens (including phenoxy) is 1. The molecule has 0 fully saturated rings. The van der Waals surface area contributed by atoms with Crippen molar-refractivity contribution in [3.05, 3.63) is 102 Å². The molecule has 3 aromatic carbocycles. The summed E-state index contributed by atoms with van der Waals surface area (Å²) >= 11 is 2.41. The van der Waals surface area contributed by atoms with Crippen molar-refractivity contribution in [3.8, 4) is 11.4 Å². The highest BCUT2D eigenvalue weighted by atomic mass is 32.2. The lowest BCUT2D eigenvalue weighted by Crippen LogP contribution is -2.15. The Morgan fingerprint density at radius 1 is 0.949 bits per heavy atom. The number of aromatic nitrogens is 4. The second-order valence-electron chi connectivity index (χ2n) is 7.98. The van der Waals surface area contributed by atoms with Crippen molar-refractivity contribution in [2.24, 2.45) is 0 Å². The largest absolute Gasteiger partial charge is 0.486 e. The van der Waals surface area contributed by atoms with Gasteiger partial charge >= 0.3 is 0 Å². The highest BCUT2D eigenvalue weighted by Crippen LogP contribution is 2.24. The van der Waals surface area contributed by atoms with Crippen molar-refractivity contribution in [2.75, 3.05) is 15.8 Å². The molecule has 13 heteroatoms. The van der Waals surface area contributed by atoms with Crippen LogP contribution in [-0.2, 0) is 21.4 Å². The standard InChI is InChI=1S/C26H22N6O4S3/c33-24(28-19-11-13-22(14-12-19)39(34,35)31-25-27-15-16-37-25)18-38-26-30-29-23(17-36-21-9-5-2-6-10-21)32(26)20-7-3-1-4-8-20/h1-16H,17-18H2,(H,27,31)(H,28,33). The number of carbonyl (C=O) groups excluding carboxylic acids is 1. The normalized spacial score (nSPS) is 11.2. The molecule has 5 aromatic rings. The van der Waals surface area contributed by atoms with Crippen LogP contribution in [0.4, 0.5) is 10.8 Å². The first-order valence-electron chi connectivity index (χ1n) is 11.6. The number of anilines is 2. The van der Waals surface area contributed by atoms with Crippen molar-refractivity contribution >= 4 is 49.8 Å². The first kappa shape index (κ1) is 26.4. The van der Waals surface area contributed by atoms with E-state index >= 15 is 0 Å². The third-order valence-electron chi connectivity index (χ3n) is 5.26. The number of thiazole rings is 1. The van der Waals surface area contributed by atoms with Crippen LogP contribution in [0.15, 0.2) is 107 Å². The molecule has 0 atom stereocenters. The average molecular weight is 579 g/mol. The highest BCUT2D eigenvalue weighted by molar-refractivity contribution is 7.99. The number of nitrogens with zero attached hydrogens (tertiary/aromatic N) is 4. The number of nitrogens with one attached hydrogen (secondary N) is 2. The predicted molar refractivity (Wildman–Crippen MR) is 151 cm³/mol. The van der Waals surface area contributed by atoms with Crippen molar-refractivity contribution in [1.82, 2.24) is 19.7 Å². The summed E-state index contributed by atoms with van der Waals surface area (Å²) in [6.07, 6.45) is 1.51. The van der Waals surface area contributed by atoms with Crippen LogP contribution in [0, 0.1) is 0 Å². The van der Waals surface area contributed by atoms with Gasteiger partial charge in [0, 0.05) is 23.0 Å². The van der Waals surface area contributed by atoms with E-state index in [0.29, 0.717) is 22.4 Å². The van der Waals surface area contributed by atoms with Gasteiger partial charge in [0.1, 0.15) is 12.4 Å². The minimum atomic E-state index is -3.77. The van der Waals surface area contributed by atoms with E-state index in [9.17, 15) is 13.2 Å². The minimum absolute atomic E-state index is 0.0614. The van der Waals surface area contributed by atoms with Gasteiger partial charge in [0.15, 0.2) is 16.1 Å².